The predicted molar refractivity (Wildman–Crippen MR) is 120 cm³/mol. The number of rotatable bonds is 9. The average molecular weight is 407 g/mol. The standard InChI is InChI=1S/C24H30N4O2/c1-17-15-29-21(27-17)13-25-23(19-9-5-3-6-10-19)24(20-11-7-4-8-12-20)26-14-22-28-18(2)16-30-22/h3-12,17-18,23-26H,13-16H2,1-2H3/t17-,18+,23?,24?. The molecule has 0 spiro atoms. The van der Waals surface area contributed by atoms with E-state index in [0.717, 1.165) is 11.8 Å². The van der Waals surface area contributed by atoms with E-state index in [1.54, 1.807) is 0 Å². The predicted octanol–water partition coefficient (Wildman–Crippen LogP) is 3.28. The van der Waals surface area contributed by atoms with Gasteiger partial charge in [-0.15, -0.1) is 0 Å². The van der Waals surface area contributed by atoms with Crippen LogP contribution in [0.3, 0.4) is 0 Å². The fourth-order valence-electron chi connectivity index (χ4n) is 3.84. The highest BCUT2D eigenvalue weighted by molar-refractivity contribution is 5.80. The molecule has 4 atom stereocenters. The van der Waals surface area contributed by atoms with E-state index in [1.807, 2.05) is 12.1 Å². The summed E-state index contributed by atoms with van der Waals surface area (Å²) in [6.45, 7) is 6.62. The van der Waals surface area contributed by atoms with Gasteiger partial charge in [-0.05, 0) is 25.0 Å². The molecule has 2 aliphatic rings. The van der Waals surface area contributed by atoms with Gasteiger partial charge in [0.25, 0.3) is 0 Å². The SMILES string of the molecule is C[C@@H]1COC(CNC(c2ccccc2)C(NCC2=N[C@@H](C)CO2)c2ccccc2)=N1. The van der Waals surface area contributed by atoms with Gasteiger partial charge in [0.2, 0.25) is 0 Å². The quantitative estimate of drug-likeness (QED) is 0.671. The van der Waals surface area contributed by atoms with Gasteiger partial charge in [-0.25, -0.2) is 9.98 Å². The molecule has 30 heavy (non-hydrogen) atoms. The van der Waals surface area contributed by atoms with Crippen molar-refractivity contribution in [2.75, 3.05) is 26.3 Å². The Labute approximate surface area is 178 Å². The molecule has 0 radical (unpaired) electrons. The van der Waals surface area contributed by atoms with Crippen LogP contribution >= 0.6 is 0 Å². The summed E-state index contributed by atoms with van der Waals surface area (Å²) in [5, 5.41) is 7.36. The number of ether oxygens (including phenoxy) is 2. The molecule has 0 fully saturated rings. The molecule has 158 valence electrons. The van der Waals surface area contributed by atoms with E-state index in [9.17, 15) is 0 Å². The van der Waals surface area contributed by atoms with Gasteiger partial charge in [0, 0.05) is 0 Å². The van der Waals surface area contributed by atoms with E-state index in [4.69, 9.17) is 9.47 Å². The molecule has 0 saturated heterocycles. The maximum absolute atomic E-state index is 5.72. The Morgan fingerprint density at radius 1 is 0.733 bits per heavy atom. The number of hydrogen-bond donors (Lipinski definition) is 2. The van der Waals surface area contributed by atoms with Gasteiger partial charge in [-0.1, -0.05) is 60.7 Å². The molecule has 2 aromatic rings. The van der Waals surface area contributed by atoms with Gasteiger partial charge >= 0.3 is 0 Å². The highest BCUT2D eigenvalue weighted by Gasteiger charge is 2.27. The van der Waals surface area contributed by atoms with Gasteiger partial charge in [0.15, 0.2) is 11.8 Å². The van der Waals surface area contributed by atoms with Crippen molar-refractivity contribution in [1.29, 1.82) is 0 Å². The summed E-state index contributed by atoms with van der Waals surface area (Å²) >= 11 is 0. The second-order valence-corrected chi connectivity index (χ2v) is 7.90. The van der Waals surface area contributed by atoms with Crippen molar-refractivity contribution in [1.82, 2.24) is 10.6 Å². The first-order valence-corrected chi connectivity index (χ1v) is 10.6. The Morgan fingerprint density at radius 2 is 1.13 bits per heavy atom. The second-order valence-electron chi connectivity index (χ2n) is 7.90. The topological polar surface area (TPSA) is 67.2 Å². The first kappa shape index (κ1) is 20.6. The zero-order chi connectivity index (χ0) is 20.8. The fraction of sp³-hybridized carbons (Fsp3) is 0.417. The maximum atomic E-state index is 5.72. The summed E-state index contributed by atoms with van der Waals surface area (Å²) in [4.78, 5) is 9.15. The van der Waals surface area contributed by atoms with Crippen LogP contribution in [0.15, 0.2) is 70.6 Å². The lowest BCUT2D eigenvalue weighted by atomic mass is 9.93. The minimum atomic E-state index is 0.0234. The molecule has 0 saturated carbocycles. The Hall–Kier alpha value is -2.70. The smallest absolute Gasteiger partial charge is 0.198 e. The van der Waals surface area contributed by atoms with E-state index in [-0.39, 0.29) is 24.2 Å². The van der Waals surface area contributed by atoms with E-state index < -0.39 is 0 Å². The first-order valence-electron chi connectivity index (χ1n) is 10.6. The largest absolute Gasteiger partial charge is 0.478 e. The molecule has 2 aliphatic heterocycles. The number of aliphatic imine (C=N–C) groups is 2. The third-order valence-corrected chi connectivity index (χ3v) is 5.31. The monoisotopic (exact) mass is 406 g/mol. The lowest BCUT2D eigenvalue weighted by molar-refractivity contribution is 0.305. The Morgan fingerprint density at radius 3 is 1.47 bits per heavy atom. The molecular weight excluding hydrogens is 376 g/mol. The van der Waals surface area contributed by atoms with Crippen molar-refractivity contribution < 1.29 is 9.47 Å². The van der Waals surface area contributed by atoms with Gasteiger partial charge in [-0.2, -0.15) is 0 Å². The van der Waals surface area contributed by atoms with Crippen LogP contribution in [0.5, 0.6) is 0 Å². The summed E-state index contributed by atoms with van der Waals surface area (Å²) in [6, 6.07) is 21.5. The van der Waals surface area contributed by atoms with Crippen molar-refractivity contribution in [3.8, 4) is 0 Å². The zero-order valence-corrected chi connectivity index (χ0v) is 17.6. The van der Waals surface area contributed by atoms with Crippen molar-refractivity contribution in [2.45, 2.75) is 38.0 Å². The molecule has 2 unspecified atom stereocenters. The zero-order valence-electron chi connectivity index (χ0n) is 17.6. The third kappa shape index (κ3) is 5.26. The highest BCUT2D eigenvalue weighted by atomic mass is 16.5. The summed E-state index contributed by atoms with van der Waals surface area (Å²) < 4.78 is 11.4. The van der Waals surface area contributed by atoms with Crippen LogP contribution in [0, 0.1) is 0 Å². The minimum absolute atomic E-state index is 0.0234. The minimum Gasteiger partial charge on any atom is -0.478 e. The van der Waals surface area contributed by atoms with E-state index in [0.29, 0.717) is 26.3 Å². The molecule has 2 N–H and O–H groups in total. The molecule has 0 bridgehead atoms. The van der Waals surface area contributed by atoms with Crippen LogP contribution in [0.2, 0.25) is 0 Å². The van der Waals surface area contributed by atoms with Gasteiger partial charge in [0.05, 0.1) is 37.3 Å². The van der Waals surface area contributed by atoms with Crippen molar-refractivity contribution in [2.24, 2.45) is 9.98 Å². The van der Waals surface area contributed by atoms with E-state index >= 15 is 0 Å². The number of hydrogen-bond acceptors (Lipinski definition) is 6. The van der Waals surface area contributed by atoms with Crippen molar-refractivity contribution in [3.05, 3.63) is 71.8 Å². The lowest BCUT2D eigenvalue weighted by Crippen LogP contribution is -2.39. The second kappa shape index (κ2) is 9.87. The Bertz CT molecular complexity index is 796. The van der Waals surface area contributed by atoms with Crippen LogP contribution in [-0.2, 0) is 9.47 Å². The summed E-state index contributed by atoms with van der Waals surface area (Å²) in [7, 11) is 0. The molecule has 2 aromatic carbocycles. The van der Waals surface area contributed by atoms with Crippen LogP contribution in [0.4, 0.5) is 0 Å². The molecule has 6 heteroatoms. The summed E-state index contributed by atoms with van der Waals surface area (Å²) in [5.41, 5.74) is 2.40. The van der Waals surface area contributed by atoms with Gasteiger partial charge in [0.1, 0.15) is 13.2 Å². The lowest BCUT2D eigenvalue weighted by Gasteiger charge is -2.30. The first-order chi connectivity index (χ1) is 14.7. The van der Waals surface area contributed by atoms with Crippen LogP contribution < -0.4 is 10.6 Å². The van der Waals surface area contributed by atoms with Crippen LogP contribution in [0.25, 0.3) is 0 Å². The van der Waals surface area contributed by atoms with E-state index in [2.05, 4.69) is 83.0 Å². The van der Waals surface area contributed by atoms with Gasteiger partial charge in [-0.3, -0.25) is 10.6 Å². The molecule has 4 rings (SSSR count). The molecule has 2 heterocycles. The molecule has 0 aliphatic carbocycles. The third-order valence-electron chi connectivity index (χ3n) is 5.31. The van der Waals surface area contributed by atoms with Crippen molar-refractivity contribution >= 4 is 11.8 Å². The summed E-state index contributed by atoms with van der Waals surface area (Å²) in [6.07, 6.45) is 0. The maximum Gasteiger partial charge on any atom is 0.198 e. The van der Waals surface area contributed by atoms with E-state index in [1.165, 1.54) is 11.1 Å². The highest BCUT2D eigenvalue weighted by Crippen LogP contribution is 2.29. The molecule has 0 aromatic heterocycles. The molecule has 0 amide bonds. The van der Waals surface area contributed by atoms with Crippen LogP contribution in [0.1, 0.15) is 37.1 Å². The van der Waals surface area contributed by atoms with Gasteiger partial charge < -0.3 is 9.47 Å². The molecular formula is C24H30N4O2. The molecule has 6 nitrogen and oxygen atoms in total. The van der Waals surface area contributed by atoms with Crippen molar-refractivity contribution in [3.63, 3.8) is 0 Å². The number of nitrogens with zero attached hydrogens (tertiary/aromatic N) is 2. The average Bonchev–Trinajstić information content (AvgIpc) is 3.39. The normalized spacial score (nSPS) is 22.6. The fourth-order valence-corrected chi connectivity index (χ4v) is 3.84. The Balaban J connectivity index is 1.58. The summed E-state index contributed by atoms with van der Waals surface area (Å²) in [5.74, 6) is 1.54. The Kier molecular flexibility index (Phi) is 6.77. The van der Waals surface area contributed by atoms with Crippen LogP contribution in [-0.4, -0.2) is 50.2 Å². The number of nitrogens with one attached hydrogen (secondary N) is 2. The number of benzene rings is 2.